The number of rotatable bonds is 5. The summed E-state index contributed by atoms with van der Waals surface area (Å²) >= 11 is 0. The summed E-state index contributed by atoms with van der Waals surface area (Å²) in [5, 5.41) is 4.93. The van der Waals surface area contributed by atoms with Crippen molar-refractivity contribution in [2.45, 2.75) is 18.9 Å². The van der Waals surface area contributed by atoms with Crippen LogP contribution in [0, 0.1) is 0 Å². The molecular formula is C21H24N4O4. The normalized spacial score (nSPS) is 16.7. The van der Waals surface area contributed by atoms with Crippen molar-refractivity contribution in [3.63, 3.8) is 0 Å². The molecule has 1 saturated heterocycles. The molecule has 0 aliphatic carbocycles. The number of likely N-dealkylation sites (tertiary alicyclic amines) is 1. The van der Waals surface area contributed by atoms with Crippen LogP contribution in [0.4, 0.5) is 0 Å². The second-order valence-corrected chi connectivity index (χ2v) is 6.99. The number of aryl methyl sites for hydroxylation is 1. The van der Waals surface area contributed by atoms with Crippen LogP contribution in [0.3, 0.4) is 0 Å². The summed E-state index contributed by atoms with van der Waals surface area (Å²) in [6, 6.07) is 7.54. The van der Waals surface area contributed by atoms with Gasteiger partial charge in [-0.3, -0.25) is 9.48 Å². The van der Waals surface area contributed by atoms with Gasteiger partial charge in [-0.2, -0.15) is 5.10 Å². The number of pyridine rings is 1. The van der Waals surface area contributed by atoms with E-state index in [0.29, 0.717) is 41.5 Å². The summed E-state index contributed by atoms with van der Waals surface area (Å²) in [6.07, 6.45) is 4.86. The first-order chi connectivity index (χ1) is 14.1. The highest BCUT2D eigenvalue weighted by molar-refractivity contribution is 6.01. The monoisotopic (exact) mass is 396 g/mol. The maximum Gasteiger partial charge on any atom is 0.259 e. The van der Waals surface area contributed by atoms with Crippen LogP contribution in [-0.4, -0.2) is 59.0 Å². The summed E-state index contributed by atoms with van der Waals surface area (Å²) in [5.74, 6) is 1.75. The van der Waals surface area contributed by atoms with Crippen molar-refractivity contribution in [1.29, 1.82) is 0 Å². The van der Waals surface area contributed by atoms with E-state index in [2.05, 4.69) is 10.1 Å². The molecule has 1 aliphatic rings. The number of hydrogen-bond donors (Lipinski definition) is 0. The van der Waals surface area contributed by atoms with Crippen LogP contribution < -0.4 is 14.2 Å². The van der Waals surface area contributed by atoms with Gasteiger partial charge in [-0.1, -0.05) is 12.1 Å². The van der Waals surface area contributed by atoms with Crippen LogP contribution in [0.5, 0.6) is 17.2 Å². The zero-order chi connectivity index (χ0) is 20.4. The number of carbonyl (C=O) groups excluding carboxylic acids is 1. The lowest BCUT2D eigenvalue weighted by Gasteiger charge is -2.33. The Morgan fingerprint density at radius 2 is 1.93 bits per heavy atom. The zero-order valence-electron chi connectivity index (χ0n) is 16.8. The van der Waals surface area contributed by atoms with Gasteiger partial charge in [0.05, 0.1) is 32.3 Å². The number of aromatic nitrogens is 3. The van der Waals surface area contributed by atoms with Gasteiger partial charge in [0.15, 0.2) is 17.1 Å². The lowest BCUT2D eigenvalue weighted by Crippen LogP contribution is -2.44. The highest BCUT2D eigenvalue weighted by atomic mass is 16.5. The molecule has 3 heterocycles. The number of nitrogens with zero attached hydrogens (tertiary/aromatic N) is 4. The van der Waals surface area contributed by atoms with Gasteiger partial charge in [0, 0.05) is 19.8 Å². The fourth-order valence-electron chi connectivity index (χ4n) is 3.73. The van der Waals surface area contributed by atoms with Crippen LogP contribution in [0.2, 0.25) is 0 Å². The highest BCUT2D eigenvalue weighted by Crippen LogP contribution is 2.31. The summed E-state index contributed by atoms with van der Waals surface area (Å²) in [7, 11) is 4.98. The van der Waals surface area contributed by atoms with E-state index < -0.39 is 0 Å². The van der Waals surface area contributed by atoms with Crippen molar-refractivity contribution in [2.75, 3.05) is 27.3 Å². The fraction of sp³-hybridized carbons (Fsp3) is 0.381. The number of carbonyl (C=O) groups is 1. The van der Waals surface area contributed by atoms with Crippen molar-refractivity contribution < 1.29 is 19.0 Å². The number of amides is 1. The Bertz CT molecular complexity index is 1030. The van der Waals surface area contributed by atoms with E-state index in [1.807, 2.05) is 24.3 Å². The molecule has 0 spiro atoms. The lowest BCUT2D eigenvalue weighted by atomic mass is 10.1. The molecule has 8 heteroatoms. The average molecular weight is 396 g/mol. The largest absolute Gasteiger partial charge is 0.495 e. The van der Waals surface area contributed by atoms with Crippen LogP contribution in [0.25, 0.3) is 11.0 Å². The van der Waals surface area contributed by atoms with Crippen molar-refractivity contribution in [1.82, 2.24) is 19.7 Å². The molecular weight excluding hydrogens is 372 g/mol. The van der Waals surface area contributed by atoms with E-state index in [1.165, 1.54) is 0 Å². The van der Waals surface area contributed by atoms with Crippen LogP contribution in [0.1, 0.15) is 23.2 Å². The first-order valence-electron chi connectivity index (χ1n) is 9.56. The molecule has 8 nitrogen and oxygen atoms in total. The summed E-state index contributed by atoms with van der Waals surface area (Å²) < 4.78 is 18.7. The van der Waals surface area contributed by atoms with E-state index in [0.717, 1.165) is 18.2 Å². The Labute approximate surface area is 169 Å². The quantitative estimate of drug-likeness (QED) is 0.660. The van der Waals surface area contributed by atoms with Crippen molar-refractivity contribution in [2.24, 2.45) is 7.05 Å². The molecule has 0 saturated carbocycles. The molecule has 1 aromatic carbocycles. The Morgan fingerprint density at radius 3 is 2.69 bits per heavy atom. The van der Waals surface area contributed by atoms with Gasteiger partial charge in [0.2, 0.25) is 0 Å². The Balaban J connectivity index is 1.55. The van der Waals surface area contributed by atoms with Crippen LogP contribution in [-0.2, 0) is 7.05 Å². The summed E-state index contributed by atoms with van der Waals surface area (Å²) in [4.78, 5) is 19.4. The Kier molecular flexibility index (Phi) is 5.24. The third kappa shape index (κ3) is 3.57. The highest BCUT2D eigenvalue weighted by Gasteiger charge is 2.29. The second-order valence-electron chi connectivity index (χ2n) is 6.99. The topological polar surface area (TPSA) is 78.7 Å². The van der Waals surface area contributed by atoms with Crippen molar-refractivity contribution >= 4 is 16.9 Å². The molecule has 1 aliphatic heterocycles. The van der Waals surface area contributed by atoms with Crippen molar-refractivity contribution in [3.8, 4) is 17.2 Å². The maximum atomic E-state index is 13.2. The van der Waals surface area contributed by atoms with Gasteiger partial charge in [-0.25, -0.2) is 4.98 Å². The smallest absolute Gasteiger partial charge is 0.259 e. The van der Waals surface area contributed by atoms with Crippen LogP contribution >= 0.6 is 0 Å². The SMILES string of the molecule is COc1ccccc1OC1CCCN(C(=O)c2cnc3c(cnn3C)c2OC)C1. The Morgan fingerprint density at radius 1 is 1.14 bits per heavy atom. The average Bonchev–Trinajstić information content (AvgIpc) is 3.14. The molecule has 1 unspecified atom stereocenters. The molecule has 1 fully saturated rings. The molecule has 2 aromatic heterocycles. The number of fused-ring (bicyclic) bond motifs is 1. The predicted octanol–water partition coefficient (Wildman–Crippen LogP) is 2.67. The van der Waals surface area contributed by atoms with E-state index in [1.54, 1.807) is 43.2 Å². The molecule has 152 valence electrons. The summed E-state index contributed by atoms with van der Waals surface area (Å²) in [6.45, 7) is 1.16. The number of benzene rings is 1. The molecule has 0 N–H and O–H groups in total. The van der Waals surface area contributed by atoms with E-state index >= 15 is 0 Å². The molecule has 0 bridgehead atoms. The maximum absolute atomic E-state index is 13.2. The minimum atomic E-state index is -0.117. The van der Waals surface area contributed by atoms with Gasteiger partial charge >= 0.3 is 0 Å². The van der Waals surface area contributed by atoms with Gasteiger partial charge < -0.3 is 19.1 Å². The predicted molar refractivity (Wildman–Crippen MR) is 108 cm³/mol. The van der Waals surface area contributed by atoms with Crippen molar-refractivity contribution in [3.05, 3.63) is 42.2 Å². The van der Waals surface area contributed by atoms with Gasteiger partial charge in [-0.15, -0.1) is 0 Å². The van der Waals surface area contributed by atoms with E-state index in [9.17, 15) is 4.79 Å². The standard InChI is InChI=1S/C21H24N4O4/c1-24-20-15(12-23-24)19(28-3)16(11-22-20)21(26)25-10-6-7-14(13-25)29-18-9-5-4-8-17(18)27-2/h4-5,8-9,11-12,14H,6-7,10,13H2,1-3H3. The van der Waals surface area contributed by atoms with Crippen LogP contribution in [0.15, 0.2) is 36.7 Å². The lowest BCUT2D eigenvalue weighted by molar-refractivity contribution is 0.0529. The number of para-hydroxylation sites is 2. The van der Waals surface area contributed by atoms with Gasteiger partial charge in [-0.05, 0) is 25.0 Å². The third-order valence-corrected chi connectivity index (χ3v) is 5.18. The van der Waals surface area contributed by atoms with Gasteiger partial charge in [0.25, 0.3) is 5.91 Å². The summed E-state index contributed by atoms with van der Waals surface area (Å²) in [5.41, 5.74) is 1.11. The molecule has 1 atom stereocenters. The number of piperidine rings is 1. The van der Waals surface area contributed by atoms with E-state index in [-0.39, 0.29) is 12.0 Å². The number of methoxy groups -OCH3 is 2. The molecule has 4 rings (SSSR count). The second kappa shape index (κ2) is 7.98. The molecule has 3 aromatic rings. The fourth-order valence-corrected chi connectivity index (χ4v) is 3.73. The molecule has 1 amide bonds. The number of hydrogen-bond acceptors (Lipinski definition) is 6. The molecule has 0 radical (unpaired) electrons. The zero-order valence-corrected chi connectivity index (χ0v) is 16.8. The first-order valence-corrected chi connectivity index (χ1v) is 9.56. The minimum Gasteiger partial charge on any atom is -0.495 e. The third-order valence-electron chi connectivity index (χ3n) is 5.18. The first kappa shape index (κ1) is 19.0. The number of ether oxygens (including phenoxy) is 3. The van der Waals surface area contributed by atoms with Gasteiger partial charge in [0.1, 0.15) is 17.4 Å². The Hall–Kier alpha value is -3.29. The van der Waals surface area contributed by atoms with E-state index in [4.69, 9.17) is 14.2 Å². The minimum absolute atomic E-state index is 0.106. The molecule has 29 heavy (non-hydrogen) atoms.